The molecule has 6 aromatic carbocycles. The van der Waals surface area contributed by atoms with Crippen LogP contribution in [0.15, 0.2) is 387 Å². The van der Waals surface area contributed by atoms with Gasteiger partial charge in [0.1, 0.15) is 71.0 Å². The third-order valence-electron chi connectivity index (χ3n) is 21.6. The van der Waals surface area contributed by atoms with Crippen LogP contribution >= 0.6 is 11.6 Å². The van der Waals surface area contributed by atoms with Gasteiger partial charge in [0.25, 0.3) is 0 Å². The molecule has 3 N–H and O–H groups in total. The third-order valence-corrected chi connectivity index (χ3v) is 22.0. The molecule has 0 aliphatic heterocycles. The Labute approximate surface area is 809 Å². The number of halogens is 4. The second-order valence-electron chi connectivity index (χ2n) is 30.9. The van der Waals surface area contributed by atoms with Gasteiger partial charge in [-0.2, -0.15) is 13.2 Å². The lowest BCUT2D eigenvalue weighted by molar-refractivity contribution is -0.136. The highest BCUT2D eigenvalue weighted by Crippen LogP contribution is 2.37. The van der Waals surface area contributed by atoms with Gasteiger partial charge < -0.3 is 42.1 Å². The molecule has 0 spiro atoms. The number of benzene rings is 6. The summed E-state index contributed by atoms with van der Waals surface area (Å²) in [6.07, 6.45) is 34.8. The number of aromatic hydroxyl groups is 1. The van der Waals surface area contributed by atoms with Crippen molar-refractivity contribution >= 4 is 82.7 Å². The third kappa shape index (κ3) is 19.3. The van der Waals surface area contributed by atoms with E-state index < -0.39 is 45.3 Å². The zero-order valence-electron chi connectivity index (χ0n) is 74.8. The number of nitrogens with two attached hydrogens (primary N) is 1. The Morgan fingerprint density at radius 2 is 0.590 bits per heavy atom. The van der Waals surface area contributed by atoms with E-state index in [4.69, 9.17) is 48.6 Å². The second-order valence-corrected chi connectivity index (χ2v) is 31.3. The van der Waals surface area contributed by atoms with Crippen LogP contribution in [0.25, 0.3) is 169 Å². The number of ether oxygens (including phenoxy) is 1. The molecule has 0 saturated heterocycles. The molecule has 0 unspecified atom stereocenters. The number of alkyl halides is 3. The molecular weight excluding hydrogens is 1880 g/mol. The summed E-state index contributed by atoms with van der Waals surface area (Å²) in [5.41, 5.74) is 7.96. The minimum atomic E-state index is -4.69. The van der Waals surface area contributed by atoms with E-state index in [-0.39, 0.29) is 74.3 Å². The van der Waals surface area contributed by atoms with E-state index >= 15 is 0 Å². The quantitative estimate of drug-likeness (QED) is 0.0955. The topological polar surface area (TPSA) is 498 Å². The Bertz CT molecular complexity index is 8820. The monoisotopic (exact) mass is 1950 g/mol. The Morgan fingerprint density at radius 3 is 0.931 bits per heavy atom. The first kappa shape index (κ1) is 92.8. The molecular formula is C101H67ClF3N25O14. The summed E-state index contributed by atoms with van der Waals surface area (Å²) in [6.45, 7) is 4.08. The van der Waals surface area contributed by atoms with Gasteiger partial charge in [0, 0.05) is 117 Å². The molecule has 24 aromatic rings. The van der Waals surface area contributed by atoms with Crippen LogP contribution in [0.3, 0.4) is 0 Å². The van der Waals surface area contributed by atoms with Crippen molar-refractivity contribution in [2.75, 3.05) is 12.8 Å². The molecule has 144 heavy (non-hydrogen) atoms. The van der Waals surface area contributed by atoms with Crippen molar-refractivity contribution in [2.45, 2.75) is 25.9 Å². The molecule has 0 atom stereocenters. The van der Waals surface area contributed by atoms with Crippen molar-refractivity contribution in [3.8, 4) is 115 Å². The number of nitrogens with zero attached hydrogens (tertiary/aromatic N) is 24. The van der Waals surface area contributed by atoms with Crippen molar-refractivity contribution < 1.29 is 49.5 Å². The number of methoxy groups -OCH3 is 1. The van der Waals surface area contributed by atoms with Gasteiger partial charge in [0.15, 0.2) is 34.9 Å². The van der Waals surface area contributed by atoms with Crippen LogP contribution in [0.5, 0.6) is 11.5 Å². The molecule has 39 nitrogen and oxygen atoms in total. The van der Waals surface area contributed by atoms with E-state index in [2.05, 4.69) is 89.7 Å². The van der Waals surface area contributed by atoms with E-state index in [1.54, 1.807) is 292 Å². The van der Waals surface area contributed by atoms with Crippen molar-refractivity contribution in [1.29, 1.82) is 0 Å². The summed E-state index contributed by atoms with van der Waals surface area (Å²) >= 11 is 6.05. The summed E-state index contributed by atoms with van der Waals surface area (Å²) in [5.74, 6) is 4.54. The minimum Gasteiger partial charge on any atom is -0.507 e. The Balaban J connectivity index is 0.000000109. The van der Waals surface area contributed by atoms with Gasteiger partial charge in [-0.15, -0.1) is 0 Å². The summed E-state index contributed by atoms with van der Waals surface area (Å²) in [5, 5.41) is 11.0. The molecule has 18 heterocycles. The second kappa shape index (κ2) is 40.6. The normalized spacial score (nSPS) is 11.2. The first-order chi connectivity index (χ1) is 70.1. The first-order valence-electron chi connectivity index (χ1n) is 43.1. The van der Waals surface area contributed by atoms with Crippen LogP contribution in [0.4, 0.5) is 18.9 Å². The number of rotatable bonds is 14. The number of hydrogen-bond acceptors (Lipinski definition) is 33. The molecule has 0 aliphatic rings. The van der Waals surface area contributed by atoms with Crippen molar-refractivity contribution in [3.05, 3.63) is 410 Å². The molecule has 0 fully saturated rings. The van der Waals surface area contributed by atoms with E-state index in [1.165, 1.54) is 44.0 Å². The number of phenolic OH excluding ortho intramolecular Hbond substituents is 1. The van der Waals surface area contributed by atoms with Crippen LogP contribution in [0, 0.1) is 0 Å². The fourth-order valence-electron chi connectivity index (χ4n) is 15.2. The van der Waals surface area contributed by atoms with Crippen LogP contribution in [-0.2, 0) is 6.18 Å². The molecule has 0 amide bonds. The van der Waals surface area contributed by atoms with Crippen molar-refractivity contribution in [2.24, 2.45) is 0 Å². The number of anilines is 1. The number of pyridine rings is 6. The van der Waals surface area contributed by atoms with Crippen LogP contribution in [0.1, 0.15) is 30.9 Å². The Hall–Kier alpha value is -20.2. The number of fused-ring (bicyclic) bond motifs is 6. The van der Waals surface area contributed by atoms with Gasteiger partial charge in [-0.25, -0.2) is 118 Å². The van der Waals surface area contributed by atoms with Gasteiger partial charge in [-0.3, -0.25) is 27.4 Å². The Morgan fingerprint density at radius 1 is 0.319 bits per heavy atom. The summed E-state index contributed by atoms with van der Waals surface area (Å²) in [4.78, 5) is 150. The maximum Gasteiger partial charge on any atom is 0.417 e. The molecule has 0 saturated carbocycles. The first-order valence-corrected chi connectivity index (χ1v) is 43.4. The minimum absolute atomic E-state index is 0.0596. The lowest BCUT2D eigenvalue weighted by atomic mass is 9.99. The highest BCUT2D eigenvalue weighted by Gasteiger charge is 2.35. The van der Waals surface area contributed by atoms with Gasteiger partial charge in [0.05, 0.1) is 94.9 Å². The summed E-state index contributed by atoms with van der Waals surface area (Å²) in [6, 6.07) is 50.0. The summed E-state index contributed by atoms with van der Waals surface area (Å²) in [7, 11) is 1.50. The maximum absolute atomic E-state index is 13.1. The number of phenols is 1. The lowest BCUT2D eigenvalue weighted by Gasteiger charge is -2.10. The van der Waals surface area contributed by atoms with E-state index in [0.717, 1.165) is 11.6 Å². The van der Waals surface area contributed by atoms with Gasteiger partial charge in [0.2, 0.25) is 35.3 Å². The van der Waals surface area contributed by atoms with Crippen LogP contribution in [-0.4, -0.2) is 129 Å². The molecule has 0 aliphatic carbocycles. The fraction of sp³-hybridized carbons (Fsp3) is 0.0495. The molecule has 0 bridgehead atoms. The largest absolute Gasteiger partial charge is 0.507 e. The summed E-state index contributed by atoms with van der Waals surface area (Å²) < 4.78 is 87.0. The molecule has 24 rings (SSSR count). The molecule has 43 heteroatoms. The van der Waals surface area contributed by atoms with Gasteiger partial charge in [-0.05, 0) is 151 Å². The lowest BCUT2D eigenvalue weighted by Crippen LogP contribution is -2.13. The molecule has 0 radical (unpaired) electrons. The SMILES string of the molecule is CC(C)c1cccc2nc(-c3cccnc3-n3ccnc3)oc(=O)c12.COc1cccc2nc(-c3cccnc3-n3ccnc3)oc(=O)c12.Nc1cccc2nc(-c3cccnc3-n3ccnc3)oc(=O)c12.O=c1oc(-c2cccnc2-n2ccnc2)nc2cccc(C(F)(F)F)c12.O=c1oc(-c2cccnc2-n2ccnc2)nc2cccc(Cl)c12.O=c1oc(-c2cccnc2-n2ccnc2)nc2cccc(O)c12. The number of aromatic nitrogens is 24. The van der Waals surface area contributed by atoms with E-state index in [0.29, 0.717) is 123 Å². The fourth-order valence-corrected chi connectivity index (χ4v) is 15.4. The molecule has 708 valence electrons. The average molecular weight is 1950 g/mol. The molecule has 18 aromatic heterocycles. The van der Waals surface area contributed by atoms with Crippen molar-refractivity contribution in [1.82, 2.24) is 117 Å². The number of nitrogen functional groups attached to an aromatic ring is 1. The predicted octanol–water partition coefficient (Wildman–Crippen LogP) is 16.7. The predicted molar refractivity (Wildman–Crippen MR) is 521 cm³/mol. The highest BCUT2D eigenvalue weighted by molar-refractivity contribution is 6.35. The van der Waals surface area contributed by atoms with E-state index in [9.17, 15) is 47.0 Å². The smallest absolute Gasteiger partial charge is 0.417 e. The standard InChI is InChI=1S/C19H16N4O2.C17H9F3N4O2.C17H12N4O3.C16H9ClN4O2.C16H11N5O2.C16H10N4O3/c1-12(2)13-5-3-7-15-16(13)19(24)25-18(22-15)14-6-4-8-21-17(14)23-10-9-20-11-23;18-17(19,20)11-4-1-5-12-13(11)16(25)26-15(23-12)10-3-2-6-22-14(10)24-8-7-21-9-24;1-23-13-6-2-5-12-14(13)17(22)24-16(20-12)11-4-3-7-19-15(11)21-9-8-18-10-21;2*17-11-4-1-5-12-13(11)16(22)23-15(20-12)10-3-2-6-19-14(10)21-8-7-18-9-21;21-12-5-1-4-11-13(12)16(22)23-15(19-11)10-3-2-6-18-14(10)20-8-7-17-9-20/h3-12H,1-2H3;1-9H;2-10H,1H3;1-9H;1-9H,17H2;1-9,21H. The van der Waals surface area contributed by atoms with Crippen LogP contribution in [0.2, 0.25) is 5.02 Å². The maximum atomic E-state index is 13.1. The Kier molecular flexibility index (Phi) is 26.2. The van der Waals surface area contributed by atoms with E-state index in [1.807, 2.05) is 38.1 Å². The van der Waals surface area contributed by atoms with Crippen molar-refractivity contribution in [3.63, 3.8) is 0 Å². The number of hydrogen-bond donors (Lipinski definition) is 2. The zero-order chi connectivity index (χ0) is 99.7. The average Bonchev–Trinajstić information content (AvgIpc) is 0.896. The van der Waals surface area contributed by atoms with Gasteiger partial charge in [-0.1, -0.05) is 67.9 Å². The van der Waals surface area contributed by atoms with Crippen LogP contribution < -0.4 is 44.2 Å². The van der Waals surface area contributed by atoms with Gasteiger partial charge >= 0.3 is 39.9 Å². The number of imidazole rings is 6. The highest BCUT2D eigenvalue weighted by atomic mass is 35.5. The zero-order valence-corrected chi connectivity index (χ0v) is 75.6.